The van der Waals surface area contributed by atoms with Gasteiger partial charge in [-0.1, -0.05) is 53.4 Å². The van der Waals surface area contributed by atoms with E-state index < -0.39 is 50.6 Å². The summed E-state index contributed by atoms with van der Waals surface area (Å²) in [4.78, 5) is 0. The quantitative estimate of drug-likeness (QED) is 0.0435. The van der Waals surface area contributed by atoms with Gasteiger partial charge >= 0.3 is 26.2 Å². The Morgan fingerprint density at radius 3 is 0.791 bits per heavy atom. The van der Waals surface area contributed by atoms with Crippen LogP contribution in [0.25, 0.3) is 0 Å². The predicted molar refractivity (Wildman–Crippen MR) is 275 cm³/mol. The van der Waals surface area contributed by atoms with Gasteiger partial charge in [0.25, 0.3) is 0 Å². The molecule has 0 amide bonds. The molecule has 16 nitrogen and oxygen atoms in total. The predicted octanol–water partition coefficient (Wildman–Crippen LogP) is 8.80. The lowest BCUT2D eigenvalue weighted by molar-refractivity contribution is -0.0703. The standard InChI is InChI=1S/C48H106N2O14Si3/c1-15-19-27-51-33-41(5)55-37-45(9)59-66(31-23-25-49,60-46(10)38-56-42(6)34-52-28-20-16-2)63-65(13,14)64-67(32-24-26-50,61-47(11)39-57-43(7)35-53-29-21-17-3)62-48(12)40-58-44(8)36-54-30-22-18-4/h41-48H,15-40,49-50H2,1-14H3. The molecule has 404 valence electrons. The zero-order valence-electron chi connectivity index (χ0n) is 45.4. The molecule has 0 saturated carbocycles. The Morgan fingerprint density at radius 1 is 0.343 bits per heavy atom. The van der Waals surface area contributed by atoms with Crippen LogP contribution in [-0.4, -0.2) is 167 Å². The smallest absolute Gasteiger partial charge is 0.394 e. The van der Waals surface area contributed by atoms with E-state index in [1.165, 1.54) is 0 Å². The van der Waals surface area contributed by atoms with Gasteiger partial charge < -0.3 is 75.3 Å². The molecule has 4 N–H and O–H groups in total. The van der Waals surface area contributed by atoms with Crippen LogP contribution in [0, 0.1) is 0 Å². The van der Waals surface area contributed by atoms with Gasteiger partial charge in [-0.15, -0.1) is 0 Å². The van der Waals surface area contributed by atoms with Gasteiger partial charge in [-0.25, -0.2) is 0 Å². The molecule has 0 rings (SSSR count). The molecule has 0 aliphatic heterocycles. The molecule has 0 bridgehead atoms. The summed E-state index contributed by atoms with van der Waals surface area (Å²) in [7, 11) is -10.6. The Morgan fingerprint density at radius 2 is 0.582 bits per heavy atom. The summed E-state index contributed by atoms with van der Waals surface area (Å²) >= 11 is 0. The molecule has 0 fully saturated rings. The van der Waals surface area contributed by atoms with Crippen molar-refractivity contribution in [3.05, 3.63) is 0 Å². The fourth-order valence-corrected chi connectivity index (χ4v) is 19.3. The third-order valence-corrected chi connectivity index (χ3v) is 21.5. The normalized spacial score (nSPS) is 17.9. The number of ether oxygens (including phenoxy) is 8. The molecule has 0 aliphatic carbocycles. The van der Waals surface area contributed by atoms with Crippen LogP contribution in [0.15, 0.2) is 0 Å². The van der Waals surface area contributed by atoms with Gasteiger partial charge in [0.15, 0.2) is 0 Å². The highest BCUT2D eigenvalue weighted by Gasteiger charge is 2.55. The van der Waals surface area contributed by atoms with Crippen molar-refractivity contribution >= 4 is 26.2 Å². The minimum absolute atomic E-state index is 0.124. The van der Waals surface area contributed by atoms with E-state index in [1.807, 2.05) is 68.5 Å². The highest BCUT2D eigenvalue weighted by atomic mass is 28.5. The van der Waals surface area contributed by atoms with Crippen LogP contribution >= 0.6 is 0 Å². The van der Waals surface area contributed by atoms with Crippen LogP contribution < -0.4 is 11.5 Å². The van der Waals surface area contributed by atoms with E-state index in [-0.39, 0.29) is 24.4 Å². The first-order valence-electron chi connectivity index (χ1n) is 26.2. The van der Waals surface area contributed by atoms with Gasteiger partial charge in [0.05, 0.1) is 102 Å². The van der Waals surface area contributed by atoms with Crippen molar-refractivity contribution < 1.29 is 63.8 Å². The van der Waals surface area contributed by atoms with Crippen LogP contribution in [0.5, 0.6) is 0 Å². The van der Waals surface area contributed by atoms with E-state index in [2.05, 4.69) is 27.7 Å². The molecule has 67 heavy (non-hydrogen) atoms. The summed E-state index contributed by atoms with van der Waals surface area (Å²) < 4.78 is 91.1. The largest absolute Gasteiger partial charge is 0.492 e. The van der Waals surface area contributed by atoms with E-state index >= 15 is 0 Å². The van der Waals surface area contributed by atoms with Gasteiger partial charge in [0.1, 0.15) is 0 Å². The average molecular weight is 1020 g/mol. The monoisotopic (exact) mass is 1020 g/mol. The van der Waals surface area contributed by atoms with Crippen molar-refractivity contribution in [2.24, 2.45) is 11.5 Å². The lowest BCUT2D eigenvalue weighted by Crippen LogP contribution is -2.63. The SMILES string of the molecule is CCCCOCC(C)OCC(C)O[Si](CCCN)(OC(C)COC(C)COCCCC)O[Si](C)(C)O[Si](CCCN)(OC(C)COC(C)COCCCC)OC(C)COC(C)COCCCC. The third kappa shape index (κ3) is 36.6. The summed E-state index contributed by atoms with van der Waals surface area (Å²) in [5.74, 6) is 0. The van der Waals surface area contributed by atoms with Gasteiger partial charge in [-0.05, 0) is 120 Å². The van der Waals surface area contributed by atoms with E-state index in [0.29, 0.717) is 117 Å². The fourth-order valence-electron chi connectivity index (χ4n) is 6.63. The first-order valence-corrected chi connectivity index (χ1v) is 32.9. The fraction of sp³-hybridized carbons (Fsp3) is 1.00. The second-order valence-electron chi connectivity index (χ2n) is 18.8. The van der Waals surface area contributed by atoms with Gasteiger partial charge in [0, 0.05) is 38.5 Å². The molecule has 0 radical (unpaired) electrons. The van der Waals surface area contributed by atoms with Crippen molar-refractivity contribution in [1.82, 2.24) is 0 Å². The summed E-state index contributed by atoms with van der Waals surface area (Å²) in [6.45, 7) is 35.4. The molecule has 8 unspecified atom stereocenters. The summed E-state index contributed by atoms with van der Waals surface area (Å²) in [5, 5.41) is 0. The lowest BCUT2D eigenvalue weighted by Gasteiger charge is -2.43. The highest BCUT2D eigenvalue weighted by Crippen LogP contribution is 2.32. The van der Waals surface area contributed by atoms with E-state index in [9.17, 15) is 0 Å². The van der Waals surface area contributed by atoms with Crippen LogP contribution in [0.1, 0.15) is 147 Å². The molecule has 0 saturated heterocycles. The Bertz CT molecular complexity index is 973. The highest BCUT2D eigenvalue weighted by molar-refractivity contribution is 6.82. The van der Waals surface area contributed by atoms with Gasteiger partial charge in [-0.2, -0.15) is 0 Å². The molecule has 19 heteroatoms. The first-order chi connectivity index (χ1) is 31.9. The molecule has 8 atom stereocenters. The lowest BCUT2D eigenvalue weighted by atomic mass is 10.3. The zero-order valence-corrected chi connectivity index (χ0v) is 48.4. The topological polar surface area (TPSA) is 181 Å². The van der Waals surface area contributed by atoms with Crippen molar-refractivity contribution in [3.63, 3.8) is 0 Å². The molecule has 0 spiro atoms. The van der Waals surface area contributed by atoms with Crippen LogP contribution in [0.4, 0.5) is 0 Å². The van der Waals surface area contributed by atoms with E-state index in [1.54, 1.807) is 0 Å². The molecular formula is C48H106N2O14Si3. The maximum Gasteiger partial charge on any atom is 0.492 e. The molecule has 0 aliphatic rings. The first kappa shape index (κ1) is 67.0. The van der Waals surface area contributed by atoms with Gasteiger partial charge in [-0.3, -0.25) is 0 Å². The molecule has 0 aromatic rings. The average Bonchev–Trinajstić information content (AvgIpc) is 3.27. The van der Waals surface area contributed by atoms with Crippen LogP contribution in [0.3, 0.4) is 0 Å². The second kappa shape index (κ2) is 41.5. The van der Waals surface area contributed by atoms with Crippen LogP contribution in [0.2, 0.25) is 25.2 Å². The maximum absolute atomic E-state index is 7.33. The Labute approximate surface area is 413 Å². The number of rotatable bonds is 50. The molecule has 0 aromatic carbocycles. The van der Waals surface area contributed by atoms with Crippen molar-refractivity contribution in [1.29, 1.82) is 0 Å². The Hall–Kier alpha value is 0.0106. The number of hydrogen-bond acceptors (Lipinski definition) is 16. The summed E-state index contributed by atoms with van der Waals surface area (Å²) in [6, 6.07) is 0.903. The van der Waals surface area contributed by atoms with Gasteiger partial charge in [0.2, 0.25) is 0 Å². The summed E-state index contributed by atoms with van der Waals surface area (Å²) in [5.41, 5.74) is 12.4. The maximum atomic E-state index is 7.33. The number of hydrogen-bond donors (Lipinski definition) is 2. The number of unbranched alkanes of at least 4 members (excludes halogenated alkanes) is 4. The molecule has 0 aromatic heterocycles. The van der Waals surface area contributed by atoms with E-state index in [4.69, 9.17) is 75.3 Å². The Kier molecular flexibility index (Phi) is 41.5. The van der Waals surface area contributed by atoms with Crippen molar-refractivity contribution in [2.75, 3.05) is 92.4 Å². The molecular weight excluding hydrogens is 913 g/mol. The second-order valence-corrected chi connectivity index (χ2v) is 27.9. The summed E-state index contributed by atoms with van der Waals surface area (Å²) in [6.07, 6.45) is 7.48. The van der Waals surface area contributed by atoms with Crippen molar-refractivity contribution in [3.8, 4) is 0 Å². The third-order valence-electron chi connectivity index (χ3n) is 10.1. The van der Waals surface area contributed by atoms with Crippen molar-refractivity contribution in [2.45, 2.75) is 221 Å². The zero-order chi connectivity index (χ0) is 50.4. The van der Waals surface area contributed by atoms with E-state index in [0.717, 1.165) is 51.4 Å². The minimum Gasteiger partial charge on any atom is -0.394 e. The minimum atomic E-state index is -3.66. The number of nitrogens with two attached hydrogens (primary N) is 2. The Balaban J connectivity index is 6.85. The van der Waals surface area contributed by atoms with Crippen LogP contribution in [-0.2, 0) is 63.8 Å². The molecule has 0 heterocycles.